The van der Waals surface area contributed by atoms with Crippen molar-refractivity contribution in [3.05, 3.63) is 42.2 Å². The number of hydrogen-bond donors (Lipinski definition) is 1. The Bertz CT molecular complexity index is 513. The van der Waals surface area contributed by atoms with Crippen LogP contribution >= 0.6 is 0 Å². The molecule has 1 aromatic rings. The molecular weight excluding hydrogens is 238 g/mol. The summed E-state index contributed by atoms with van der Waals surface area (Å²) in [7, 11) is 0. The lowest BCUT2D eigenvalue weighted by atomic mass is 9.97. The molecule has 1 aromatic carbocycles. The quantitative estimate of drug-likeness (QED) is 0.901. The monoisotopic (exact) mass is 259 g/mol. The number of benzene rings is 1. The van der Waals surface area contributed by atoms with Crippen LogP contribution in [0.1, 0.15) is 26.3 Å². The predicted octanol–water partition coefficient (Wildman–Crippen LogP) is 3.20. The van der Waals surface area contributed by atoms with Gasteiger partial charge in [0.15, 0.2) is 0 Å². The third-order valence-corrected chi connectivity index (χ3v) is 3.41. The molecule has 0 aromatic heterocycles. The van der Waals surface area contributed by atoms with Crippen LogP contribution in [0.25, 0.3) is 5.57 Å². The van der Waals surface area contributed by atoms with Gasteiger partial charge in [-0.2, -0.15) is 0 Å². The van der Waals surface area contributed by atoms with Gasteiger partial charge < -0.3 is 14.7 Å². The summed E-state index contributed by atoms with van der Waals surface area (Å²) in [5.74, 6) is 1.34. The van der Waals surface area contributed by atoms with Gasteiger partial charge in [-0.25, -0.2) is 0 Å². The first-order valence-corrected chi connectivity index (χ1v) is 6.72. The van der Waals surface area contributed by atoms with Gasteiger partial charge in [0, 0.05) is 30.4 Å². The third kappa shape index (κ3) is 2.66. The summed E-state index contributed by atoms with van der Waals surface area (Å²) in [5, 5.41) is 9.84. The first-order chi connectivity index (χ1) is 9.06. The highest BCUT2D eigenvalue weighted by atomic mass is 16.5. The van der Waals surface area contributed by atoms with Crippen LogP contribution in [-0.2, 0) is 0 Å². The Balaban J connectivity index is 2.44. The number of anilines is 1. The number of aliphatic hydroxyl groups excluding tert-OH is 1. The number of hydrogen-bond acceptors (Lipinski definition) is 3. The lowest BCUT2D eigenvalue weighted by Crippen LogP contribution is -2.22. The fourth-order valence-electron chi connectivity index (χ4n) is 2.39. The summed E-state index contributed by atoms with van der Waals surface area (Å²) in [6.07, 6.45) is 1.27. The Morgan fingerprint density at radius 1 is 1.32 bits per heavy atom. The maximum absolute atomic E-state index is 9.84. The first kappa shape index (κ1) is 13.7. The largest absolute Gasteiger partial charge is 0.457 e. The average molecular weight is 259 g/mol. The van der Waals surface area contributed by atoms with Crippen LogP contribution in [0.2, 0.25) is 0 Å². The van der Waals surface area contributed by atoms with Crippen LogP contribution in [0.4, 0.5) is 5.69 Å². The maximum Gasteiger partial charge on any atom is 0.137 e. The van der Waals surface area contributed by atoms with Crippen molar-refractivity contribution in [1.82, 2.24) is 0 Å². The molecule has 0 saturated carbocycles. The molecule has 0 saturated heterocycles. The lowest BCUT2D eigenvalue weighted by Gasteiger charge is -2.26. The Morgan fingerprint density at radius 2 is 2.00 bits per heavy atom. The summed E-state index contributed by atoms with van der Waals surface area (Å²) in [6, 6.07) is 6.09. The van der Waals surface area contributed by atoms with E-state index < -0.39 is 6.10 Å². The van der Waals surface area contributed by atoms with Crippen molar-refractivity contribution in [3.63, 3.8) is 0 Å². The third-order valence-electron chi connectivity index (χ3n) is 3.41. The Morgan fingerprint density at radius 3 is 2.58 bits per heavy atom. The van der Waals surface area contributed by atoms with Gasteiger partial charge in [0.2, 0.25) is 0 Å². The minimum atomic E-state index is -0.529. The molecule has 0 amide bonds. The molecule has 0 aliphatic carbocycles. The van der Waals surface area contributed by atoms with Crippen molar-refractivity contribution in [2.45, 2.75) is 26.9 Å². The number of rotatable bonds is 4. The molecule has 19 heavy (non-hydrogen) atoms. The van der Waals surface area contributed by atoms with Crippen molar-refractivity contribution >= 4 is 11.3 Å². The SMILES string of the molecule is C=C1C=C(C(C)O)c2ccc(N(CC)CC)cc2O1. The molecule has 0 bridgehead atoms. The van der Waals surface area contributed by atoms with Gasteiger partial charge in [0.25, 0.3) is 0 Å². The van der Waals surface area contributed by atoms with E-state index in [1.165, 1.54) is 0 Å². The van der Waals surface area contributed by atoms with E-state index in [0.29, 0.717) is 5.76 Å². The minimum absolute atomic E-state index is 0.529. The molecule has 3 nitrogen and oxygen atoms in total. The molecule has 1 heterocycles. The normalized spacial score (nSPS) is 15.4. The Labute approximate surface area is 114 Å². The van der Waals surface area contributed by atoms with E-state index in [4.69, 9.17) is 4.74 Å². The fraction of sp³-hybridized carbons (Fsp3) is 0.375. The molecule has 0 radical (unpaired) electrons. The highest BCUT2D eigenvalue weighted by Gasteiger charge is 2.20. The molecule has 3 heteroatoms. The lowest BCUT2D eigenvalue weighted by molar-refractivity contribution is 0.251. The van der Waals surface area contributed by atoms with Crippen LogP contribution < -0.4 is 9.64 Å². The van der Waals surface area contributed by atoms with Crippen molar-refractivity contribution in [2.24, 2.45) is 0 Å². The van der Waals surface area contributed by atoms with Crippen LogP contribution in [0.5, 0.6) is 5.75 Å². The highest BCUT2D eigenvalue weighted by molar-refractivity contribution is 5.78. The first-order valence-electron chi connectivity index (χ1n) is 6.72. The van der Waals surface area contributed by atoms with Gasteiger partial charge in [0.05, 0.1) is 6.10 Å². The molecule has 0 spiro atoms. The Hall–Kier alpha value is -1.74. The van der Waals surface area contributed by atoms with Crippen LogP contribution in [0.3, 0.4) is 0 Å². The molecule has 0 fully saturated rings. The van der Waals surface area contributed by atoms with Gasteiger partial charge in [-0.05, 0) is 44.6 Å². The van der Waals surface area contributed by atoms with E-state index in [-0.39, 0.29) is 0 Å². The van der Waals surface area contributed by atoms with Crippen molar-refractivity contribution < 1.29 is 9.84 Å². The van der Waals surface area contributed by atoms with Crippen molar-refractivity contribution in [2.75, 3.05) is 18.0 Å². The molecule has 1 aliphatic heterocycles. The van der Waals surface area contributed by atoms with E-state index in [0.717, 1.165) is 35.7 Å². The maximum atomic E-state index is 9.84. The summed E-state index contributed by atoms with van der Waals surface area (Å²) < 4.78 is 5.68. The van der Waals surface area contributed by atoms with Gasteiger partial charge in [-0.15, -0.1) is 0 Å². The molecule has 1 unspecified atom stereocenters. The van der Waals surface area contributed by atoms with Gasteiger partial charge in [-0.3, -0.25) is 0 Å². The number of allylic oxidation sites excluding steroid dienone is 1. The Kier molecular flexibility index (Phi) is 3.96. The second kappa shape index (κ2) is 5.49. The van der Waals surface area contributed by atoms with Crippen molar-refractivity contribution in [1.29, 1.82) is 0 Å². The smallest absolute Gasteiger partial charge is 0.137 e. The van der Waals surface area contributed by atoms with Crippen LogP contribution in [-0.4, -0.2) is 24.3 Å². The minimum Gasteiger partial charge on any atom is -0.457 e. The zero-order chi connectivity index (χ0) is 14.0. The summed E-state index contributed by atoms with van der Waals surface area (Å²) in [4.78, 5) is 2.26. The number of nitrogens with zero attached hydrogens (tertiary/aromatic N) is 1. The van der Waals surface area contributed by atoms with E-state index >= 15 is 0 Å². The number of fused-ring (bicyclic) bond motifs is 1. The standard InChI is InChI=1S/C16H21NO2/c1-5-17(6-2)13-7-8-14-15(12(4)18)9-11(3)19-16(14)10-13/h7-10,12,18H,3,5-6H2,1-2,4H3. The molecule has 102 valence electrons. The highest BCUT2D eigenvalue weighted by Crippen LogP contribution is 2.37. The zero-order valence-corrected chi connectivity index (χ0v) is 11.8. The molecule has 2 rings (SSSR count). The van der Waals surface area contributed by atoms with Crippen LogP contribution in [0.15, 0.2) is 36.6 Å². The number of ether oxygens (including phenoxy) is 1. The topological polar surface area (TPSA) is 32.7 Å². The summed E-state index contributed by atoms with van der Waals surface area (Å²) in [6.45, 7) is 11.8. The van der Waals surface area contributed by atoms with E-state index in [1.807, 2.05) is 12.1 Å². The van der Waals surface area contributed by atoms with Gasteiger partial charge in [0.1, 0.15) is 11.5 Å². The predicted molar refractivity (Wildman–Crippen MR) is 79.4 cm³/mol. The second-order valence-electron chi connectivity index (χ2n) is 4.70. The van der Waals surface area contributed by atoms with Gasteiger partial charge in [-0.1, -0.05) is 6.58 Å². The van der Waals surface area contributed by atoms with Gasteiger partial charge >= 0.3 is 0 Å². The van der Waals surface area contributed by atoms with Crippen molar-refractivity contribution in [3.8, 4) is 5.75 Å². The second-order valence-corrected chi connectivity index (χ2v) is 4.70. The molecule has 1 aliphatic rings. The van der Waals surface area contributed by atoms with E-state index in [9.17, 15) is 5.11 Å². The van der Waals surface area contributed by atoms with E-state index in [2.05, 4.69) is 31.4 Å². The number of aliphatic hydroxyl groups is 1. The molecular formula is C16H21NO2. The summed E-state index contributed by atoms with van der Waals surface area (Å²) in [5.41, 5.74) is 2.93. The zero-order valence-electron chi connectivity index (χ0n) is 11.8. The fourth-order valence-corrected chi connectivity index (χ4v) is 2.39. The molecule has 1 atom stereocenters. The van der Waals surface area contributed by atoms with E-state index in [1.54, 1.807) is 13.0 Å². The molecule has 1 N–H and O–H groups in total. The average Bonchev–Trinajstić information content (AvgIpc) is 2.38. The summed E-state index contributed by atoms with van der Waals surface area (Å²) >= 11 is 0. The van der Waals surface area contributed by atoms with Crippen LogP contribution in [0, 0.1) is 0 Å².